The molecule has 0 aliphatic heterocycles. The number of hydrogen-bond acceptors (Lipinski definition) is 2. The van der Waals surface area contributed by atoms with Crippen LogP contribution in [-0.2, 0) is 12.8 Å². The maximum atomic E-state index is 13.0. The zero-order valence-electron chi connectivity index (χ0n) is 9.97. The Morgan fingerprint density at radius 3 is 2.83 bits per heavy atom. The van der Waals surface area contributed by atoms with Gasteiger partial charge in [0, 0.05) is 12.4 Å². The van der Waals surface area contributed by atoms with Gasteiger partial charge in [0.2, 0.25) is 5.91 Å². The van der Waals surface area contributed by atoms with Crippen molar-refractivity contribution in [3.05, 3.63) is 59.7 Å². The van der Waals surface area contributed by atoms with Crippen LogP contribution in [-0.4, -0.2) is 17.0 Å². The lowest BCUT2D eigenvalue weighted by Crippen LogP contribution is -2.11. The highest BCUT2D eigenvalue weighted by Crippen LogP contribution is 2.07. The first-order chi connectivity index (χ1) is 8.69. The van der Waals surface area contributed by atoms with Crippen LogP contribution in [0.1, 0.15) is 15.9 Å². The summed E-state index contributed by atoms with van der Waals surface area (Å²) in [5, 5.41) is 0. The van der Waals surface area contributed by atoms with Gasteiger partial charge in [-0.2, -0.15) is 0 Å². The van der Waals surface area contributed by atoms with Gasteiger partial charge in [0.05, 0.1) is 6.42 Å². The fraction of sp³-hybridized carbons (Fsp3) is 0.214. The minimum Gasteiger partial charge on any atom is -0.330 e. The lowest BCUT2D eigenvalue weighted by atomic mass is 10.1. The van der Waals surface area contributed by atoms with E-state index >= 15 is 0 Å². The van der Waals surface area contributed by atoms with Crippen LogP contribution in [0.4, 0.5) is 4.39 Å². The van der Waals surface area contributed by atoms with Crippen molar-refractivity contribution in [2.45, 2.75) is 12.8 Å². The summed E-state index contributed by atoms with van der Waals surface area (Å²) in [5.41, 5.74) is 7.16. The number of carbonyl (C=O) groups excluding carboxylic acids is 1. The Morgan fingerprint density at radius 1 is 1.28 bits per heavy atom. The lowest BCUT2D eigenvalue weighted by Gasteiger charge is -2.02. The molecule has 3 nitrogen and oxygen atoms in total. The fourth-order valence-electron chi connectivity index (χ4n) is 1.82. The van der Waals surface area contributed by atoms with E-state index in [1.807, 2.05) is 6.07 Å². The van der Waals surface area contributed by atoms with Crippen molar-refractivity contribution in [2.24, 2.45) is 5.73 Å². The molecule has 0 aliphatic carbocycles. The summed E-state index contributed by atoms with van der Waals surface area (Å²) in [7, 11) is 0. The molecule has 4 heteroatoms. The number of halogens is 1. The van der Waals surface area contributed by atoms with Crippen LogP contribution in [0.15, 0.2) is 42.7 Å². The Bertz CT molecular complexity index is 548. The predicted molar refractivity (Wildman–Crippen MR) is 67.9 cm³/mol. The van der Waals surface area contributed by atoms with E-state index in [4.69, 9.17) is 5.73 Å². The van der Waals surface area contributed by atoms with Crippen molar-refractivity contribution < 1.29 is 9.18 Å². The molecule has 1 heterocycles. The third-order valence-electron chi connectivity index (χ3n) is 2.72. The van der Waals surface area contributed by atoms with E-state index in [0.717, 1.165) is 12.0 Å². The second-order valence-corrected chi connectivity index (χ2v) is 4.17. The average molecular weight is 246 g/mol. The smallest absolute Gasteiger partial charge is 0.234 e. The minimum atomic E-state index is -0.323. The standard InChI is InChI=1S/C14H15FN2O/c15-13-3-1-2-12(8-13)9-14(18)17-7-5-11(10-17)4-6-16/h1-3,5,7-8,10H,4,6,9,16H2. The zero-order valence-corrected chi connectivity index (χ0v) is 9.97. The van der Waals surface area contributed by atoms with Crippen LogP contribution in [0, 0.1) is 5.82 Å². The lowest BCUT2D eigenvalue weighted by molar-refractivity contribution is 0.0914. The summed E-state index contributed by atoms with van der Waals surface area (Å²) < 4.78 is 14.5. The molecule has 0 saturated carbocycles. The van der Waals surface area contributed by atoms with E-state index < -0.39 is 0 Å². The topological polar surface area (TPSA) is 48.0 Å². The predicted octanol–water partition coefficient (Wildman–Crippen LogP) is 2.01. The Kier molecular flexibility index (Phi) is 3.89. The highest BCUT2D eigenvalue weighted by atomic mass is 19.1. The van der Waals surface area contributed by atoms with Gasteiger partial charge >= 0.3 is 0 Å². The van der Waals surface area contributed by atoms with E-state index in [0.29, 0.717) is 12.1 Å². The van der Waals surface area contributed by atoms with Crippen LogP contribution >= 0.6 is 0 Å². The quantitative estimate of drug-likeness (QED) is 0.897. The van der Waals surface area contributed by atoms with Gasteiger partial charge in [-0.3, -0.25) is 9.36 Å². The Balaban J connectivity index is 2.07. The molecular formula is C14H15FN2O. The first-order valence-corrected chi connectivity index (χ1v) is 5.83. The molecular weight excluding hydrogens is 231 g/mol. The summed E-state index contributed by atoms with van der Waals surface area (Å²) in [6.45, 7) is 0.558. The maximum Gasteiger partial charge on any atom is 0.234 e. The van der Waals surface area contributed by atoms with Gasteiger partial charge in [0.25, 0.3) is 0 Å². The van der Waals surface area contributed by atoms with Gasteiger partial charge in [-0.15, -0.1) is 0 Å². The van der Waals surface area contributed by atoms with Crippen LogP contribution < -0.4 is 5.73 Å². The molecule has 1 aromatic heterocycles. The fourth-order valence-corrected chi connectivity index (χ4v) is 1.82. The van der Waals surface area contributed by atoms with Crippen molar-refractivity contribution in [3.8, 4) is 0 Å². The van der Waals surface area contributed by atoms with Gasteiger partial charge in [-0.25, -0.2) is 4.39 Å². The molecule has 2 N–H and O–H groups in total. The van der Waals surface area contributed by atoms with Crippen molar-refractivity contribution in [2.75, 3.05) is 6.54 Å². The molecule has 0 saturated heterocycles. The van der Waals surface area contributed by atoms with Gasteiger partial charge in [0.1, 0.15) is 5.82 Å². The molecule has 0 atom stereocenters. The average Bonchev–Trinajstić information content (AvgIpc) is 2.78. The van der Waals surface area contributed by atoms with E-state index in [1.54, 1.807) is 24.5 Å². The summed E-state index contributed by atoms with van der Waals surface area (Å²) in [6.07, 6.45) is 4.43. The summed E-state index contributed by atoms with van der Waals surface area (Å²) in [5.74, 6) is -0.402. The van der Waals surface area contributed by atoms with E-state index in [1.165, 1.54) is 16.7 Å². The van der Waals surface area contributed by atoms with Crippen molar-refractivity contribution in [3.63, 3.8) is 0 Å². The number of benzene rings is 1. The van der Waals surface area contributed by atoms with Crippen LogP contribution in [0.25, 0.3) is 0 Å². The Morgan fingerprint density at radius 2 is 2.11 bits per heavy atom. The molecule has 0 aliphatic rings. The third-order valence-corrected chi connectivity index (χ3v) is 2.72. The highest BCUT2D eigenvalue weighted by molar-refractivity contribution is 5.81. The van der Waals surface area contributed by atoms with E-state index in [2.05, 4.69) is 0 Å². The monoisotopic (exact) mass is 246 g/mol. The molecule has 18 heavy (non-hydrogen) atoms. The highest BCUT2D eigenvalue weighted by Gasteiger charge is 2.07. The normalized spacial score (nSPS) is 10.6. The van der Waals surface area contributed by atoms with Crippen molar-refractivity contribution >= 4 is 5.91 Å². The first-order valence-electron chi connectivity index (χ1n) is 5.83. The van der Waals surface area contributed by atoms with Crippen molar-refractivity contribution in [1.29, 1.82) is 0 Å². The Labute approximate surface area is 105 Å². The SMILES string of the molecule is NCCc1ccn(C(=O)Cc2cccc(F)c2)c1. The number of aromatic nitrogens is 1. The maximum absolute atomic E-state index is 13.0. The van der Waals surface area contributed by atoms with Crippen LogP contribution in [0.5, 0.6) is 0 Å². The van der Waals surface area contributed by atoms with E-state index in [-0.39, 0.29) is 18.1 Å². The molecule has 1 aromatic carbocycles. The third kappa shape index (κ3) is 3.05. The first kappa shape index (κ1) is 12.5. The molecule has 0 spiro atoms. The Hall–Kier alpha value is -1.94. The molecule has 2 rings (SSSR count). The summed E-state index contributed by atoms with van der Waals surface area (Å²) >= 11 is 0. The van der Waals surface area contributed by atoms with E-state index in [9.17, 15) is 9.18 Å². The van der Waals surface area contributed by atoms with Gasteiger partial charge in [-0.1, -0.05) is 12.1 Å². The molecule has 0 bridgehead atoms. The minimum absolute atomic E-state index is 0.0797. The van der Waals surface area contributed by atoms with Gasteiger partial charge < -0.3 is 5.73 Å². The summed E-state index contributed by atoms with van der Waals surface area (Å²) in [4.78, 5) is 12.0. The second-order valence-electron chi connectivity index (χ2n) is 4.17. The van der Waals surface area contributed by atoms with Crippen LogP contribution in [0.2, 0.25) is 0 Å². The molecule has 2 aromatic rings. The summed E-state index contributed by atoms with van der Waals surface area (Å²) in [6, 6.07) is 7.96. The number of rotatable bonds is 4. The second kappa shape index (κ2) is 5.60. The molecule has 94 valence electrons. The number of nitrogens with two attached hydrogens (primary N) is 1. The molecule has 0 amide bonds. The largest absolute Gasteiger partial charge is 0.330 e. The molecule has 0 radical (unpaired) electrons. The molecule has 0 fully saturated rings. The number of nitrogens with zero attached hydrogens (tertiary/aromatic N) is 1. The molecule has 0 unspecified atom stereocenters. The number of hydrogen-bond donors (Lipinski definition) is 1. The van der Waals surface area contributed by atoms with Gasteiger partial charge in [-0.05, 0) is 42.3 Å². The van der Waals surface area contributed by atoms with Crippen molar-refractivity contribution in [1.82, 2.24) is 4.57 Å². The van der Waals surface area contributed by atoms with Crippen LogP contribution in [0.3, 0.4) is 0 Å². The zero-order chi connectivity index (χ0) is 13.0. The number of carbonyl (C=O) groups is 1. The van der Waals surface area contributed by atoms with Gasteiger partial charge in [0.15, 0.2) is 0 Å².